The molecule has 0 aliphatic rings. The highest BCUT2D eigenvalue weighted by Gasteiger charge is 2.33. The maximum Gasteiger partial charge on any atom is 0.418 e. The number of alkyl halides is 3. The Kier molecular flexibility index (Phi) is 8.57. The summed E-state index contributed by atoms with van der Waals surface area (Å²) in [4.78, 5) is 23.6. The summed E-state index contributed by atoms with van der Waals surface area (Å²) >= 11 is 0. The van der Waals surface area contributed by atoms with Crippen LogP contribution in [0.4, 0.5) is 18.9 Å². The number of carbonyl (C=O) groups excluding carboxylic acids is 2. The van der Waals surface area contributed by atoms with Crippen LogP contribution in [0.2, 0.25) is 0 Å². The molecule has 0 saturated carbocycles. The van der Waals surface area contributed by atoms with E-state index < -0.39 is 17.6 Å². The molecule has 2 unspecified atom stereocenters. The molecule has 0 aromatic heterocycles. The molecule has 146 valence electrons. The highest BCUT2D eigenvalue weighted by atomic mass is 19.4. The van der Waals surface area contributed by atoms with E-state index in [9.17, 15) is 22.8 Å². The van der Waals surface area contributed by atoms with Gasteiger partial charge in [0.05, 0.1) is 11.3 Å². The molecule has 1 aromatic rings. The van der Waals surface area contributed by atoms with Gasteiger partial charge in [0.25, 0.3) is 0 Å². The Morgan fingerprint density at radius 1 is 1.08 bits per heavy atom. The first-order valence-corrected chi connectivity index (χ1v) is 8.62. The molecule has 26 heavy (non-hydrogen) atoms. The predicted octanol–water partition coefficient (Wildman–Crippen LogP) is 3.32. The second-order valence-electron chi connectivity index (χ2n) is 6.28. The summed E-state index contributed by atoms with van der Waals surface area (Å²) in [6.45, 7) is 6.01. The van der Waals surface area contributed by atoms with Crippen LogP contribution in [0.3, 0.4) is 0 Å². The molecule has 2 atom stereocenters. The van der Waals surface area contributed by atoms with Crippen molar-refractivity contribution in [2.24, 2.45) is 0 Å². The molecular formula is C18H26F3N3O2. The SMILES string of the molecule is CCC(C)NC(=O)CCNC(C)CC(=O)Nc1ccccc1C(F)(F)F. The zero-order valence-corrected chi connectivity index (χ0v) is 15.2. The average molecular weight is 373 g/mol. The summed E-state index contributed by atoms with van der Waals surface area (Å²) in [5.41, 5.74) is -1.14. The fourth-order valence-corrected chi connectivity index (χ4v) is 2.27. The zero-order chi connectivity index (χ0) is 19.7. The molecule has 8 heteroatoms. The van der Waals surface area contributed by atoms with Gasteiger partial charge in [-0.15, -0.1) is 0 Å². The van der Waals surface area contributed by atoms with E-state index in [1.54, 1.807) is 6.92 Å². The Morgan fingerprint density at radius 3 is 2.35 bits per heavy atom. The minimum absolute atomic E-state index is 0.000820. The maximum atomic E-state index is 12.9. The number of nitrogens with one attached hydrogen (secondary N) is 3. The maximum absolute atomic E-state index is 12.9. The second kappa shape index (κ2) is 10.2. The first-order valence-electron chi connectivity index (χ1n) is 8.62. The van der Waals surface area contributed by atoms with Gasteiger partial charge in [-0.3, -0.25) is 9.59 Å². The van der Waals surface area contributed by atoms with Gasteiger partial charge in [-0.1, -0.05) is 19.1 Å². The highest BCUT2D eigenvalue weighted by Crippen LogP contribution is 2.34. The molecule has 1 rings (SSSR count). The third kappa shape index (κ3) is 7.86. The van der Waals surface area contributed by atoms with Crippen molar-refractivity contribution in [1.82, 2.24) is 10.6 Å². The largest absolute Gasteiger partial charge is 0.418 e. The van der Waals surface area contributed by atoms with Crippen LogP contribution >= 0.6 is 0 Å². The molecule has 0 radical (unpaired) electrons. The molecule has 3 N–H and O–H groups in total. The normalized spacial score (nSPS) is 13.8. The van der Waals surface area contributed by atoms with Gasteiger partial charge in [-0.05, 0) is 32.4 Å². The van der Waals surface area contributed by atoms with Crippen LogP contribution < -0.4 is 16.0 Å². The van der Waals surface area contributed by atoms with Gasteiger partial charge in [0, 0.05) is 31.5 Å². The van der Waals surface area contributed by atoms with E-state index in [1.165, 1.54) is 18.2 Å². The molecule has 0 heterocycles. The Labute approximate surface area is 151 Å². The third-order valence-corrected chi connectivity index (χ3v) is 3.86. The van der Waals surface area contributed by atoms with Crippen molar-refractivity contribution in [2.45, 2.75) is 58.3 Å². The Balaban J connectivity index is 2.43. The average Bonchev–Trinajstić information content (AvgIpc) is 2.53. The summed E-state index contributed by atoms with van der Waals surface area (Å²) in [5.74, 6) is -0.603. The van der Waals surface area contributed by atoms with E-state index in [-0.39, 0.29) is 36.5 Å². The van der Waals surface area contributed by atoms with E-state index >= 15 is 0 Å². The summed E-state index contributed by atoms with van der Waals surface area (Å²) in [5, 5.41) is 8.16. The van der Waals surface area contributed by atoms with Crippen LogP contribution in [0, 0.1) is 0 Å². The van der Waals surface area contributed by atoms with Crippen molar-refractivity contribution in [3.63, 3.8) is 0 Å². The molecule has 0 spiro atoms. The summed E-state index contributed by atoms with van der Waals surface area (Å²) in [7, 11) is 0. The summed E-state index contributed by atoms with van der Waals surface area (Å²) in [6.07, 6.45) is -3.42. The van der Waals surface area contributed by atoms with Crippen molar-refractivity contribution < 1.29 is 22.8 Å². The van der Waals surface area contributed by atoms with Gasteiger partial charge >= 0.3 is 6.18 Å². The number of benzene rings is 1. The number of halogens is 3. The van der Waals surface area contributed by atoms with Crippen molar-refractivity contribution >= 4 is 17.5 Å². The van der Waals surface area contributed by atoms with Gasteiger partial charge in [-0.25, -0.2) is 0 Å². The lowest BCUT2D eigenvalue weighted by Crippen LogP contribution is -2.36. The number of hydrogen-bond donors (Lipinski definition) is 3. The molecule has 2 amide bonds. The number of amides is 2. The number of carbonyl (C=O) groups is 2. The standard InChI is InChI=1S/C18H26F3N3O2/c1-4-12(2)23-16(25)9-10-22-13(3)11-17(26)24-15-8-6-5-7-14(15)18(19,20)21/h5-8,12-13,22H,4,9-11H2,1-3H3,(H,23,25)(H,24,26). The van der Waals surface area contributed by atoms with Crippen LogP contribution in [0.25, 0.3) is 0 Å². The van der Waals surface area contributed by atoms with Crippen molar-refractivity contribution in [2.75, 3.05) is 11.9 Å². The summed E-state index contributed by atoms with van der Waals surface area (Å²) in [6, 6.07) is 4.68. The Hall–Kier alpha value is -2.09. The molecule has 0 aliphatic carbocycles. The van der Waals surface area contributed by atoms with Crippen LogP contribution in [0.15, 0.2) is 24.3 Å². The van der Waals surface area contributed by atoms with Crippen LogP contribution in [0.1, 0.15) is 45.6 Å². The number of hydrogen-bond acceptors (Lipinski definition) is 3. The topological polar surface area (TPSA) is 70.2 Å². The smallest absolute Gasteiger partial charge is 0.354 e. The second-order valence-corrected chi connectivity index (χ2v) is 6.28. The van der Waals surface area contributed by atoms with Crippen LogP contribution in [0.5, 0.6) is 0 Å². The lowest BCUT2D eigenvalue weighted by atomic mass is 10.1. The van der Waals surface area contributed by atoms with Gasteiger partial charge in [0.2, 0.25) is 11.8 Å². The van der Waals surface area contributed by atoms with Crippen molar-refractivity contribution in [3.05, 3.63) is 29.8 Å². The van der Waals surface area contributed by atoms with Gasteiger partial charge in [0.1, 0.15) is 0 Å². The molecule has 5 nitrogen and oxygen atoms in total. The monoisotopic (exact) mass is 373 g/mol. The zero-order valence-electron chi connectivity index (χ0n) is 15.2. The number of para-hydroxylation sites is 1. The van der Waals surface area contributed by atoms with Gasteiger partial charge in [0.15, 0.2) is 0 Å². The fourth-order valence-electron chi connectivity index (χ4n) is 2.27. The highest BCUT2D eigenvalue weighted by molar-refractivity contribution is 5.92. The van der Waals surface area contributed by atoms with E-state index in [2.05, 4.69) is 16.0 Å². The molecule has 0 aliphatic heterocycles. The van der Waals surface area contributed by atoms with E-state index in [0.717, 1.165) is 12.5 Å². The molecular weight excluding hydrogens is 347 g/mol. The first-order chi connectivity index (χ1) is 12.1. The van der Waals surface area contributed by atoms with E-state index in [1.807, 2.05) is 13.8 Å². The van der Waals surface area contributed by atoms with Crippen LogP contribution in [-0.2, 0) is 15.8 Å². The Bertz CT molecular complexity index is 606. The van der Waals surface area contributed by atoms with Crippen molar-refractivity contribution in [1.29, 1.82) is 0 Å². The predicted molar refractivity (Wildman–Crippen MR) is 94.7 cm³/mol. The lowest BCUT2D eigenvalue weighted by Gasteiger charge is -2.16. The molecule has 1 aromatic carbocycles. The van der Waals surface area contributed by atoms with Crippen LogP contribution in [-0.4, -0.2) is 30.4 Å². The van der Waals surface area contributed by atoms with E-state index in [0.29, 0.717) is 6.54 Å². The lowest BCUT2D eigenvalue weighted by molar-refractivity contribution is -0.137. The molecule has 0 saturated heterocycles. The molecule has 0 fully saturated rings. The fraction of sp³-hybridized carbons (Fsp3) is 0.556. The minimum atomic E-state index is -4.53. The van der Waals surface area contributed by atoms with Gasteiger partial charge < -0.3 is 16.0 Å². The summed E-state index contributed by atoms with van der Waals surface area (Å²) < 4.78 is 38.8. The van der Waals surface area contributed by atoms with E-state index in [4.69, 9.17) is 0 Å². The first kappa shape index (κ1) is 22.0. The Morgan fingerprint density at radius 2 is 1.73 bits per heavy atom. The minimum Gasteiger partial charge on any atom is -0.354 e. The third-order valence-electron chi connectivity index (χ3n) is 3.86. The number of rotatable bonds is 9. The van der Waals surface area contributed by atoms with Crippen molar-refractivity contribution in [3.8, 4) is 0 Å². The number of anilines is 1. The van der Waals surface area contributed by atoms with Gasteiger partial charge in [-0.2, -0.15) is 13.2 Å². The quantitative estimate of drug-likeness (QED) is 0.622. The molecule has 0 bridgehead atoms.